The third kappa shape index (κ3) is 3.13. The van der Waals surface area contributed by atoms with Crippen LogP contribution in [-0.2, 0) is 6.54 Å². The average molecular weight is 279 g/mol. The van der Waals surface area contributed by atoms with Gasteiger partial charge in [0.05, 0.1) is 12.2 Å². The number of H-pyrrole nitrogens is 1. The van der Waals surface area contributed by atoms with Crippen molar-refractivity contribution in [2.75, 3.05) is 5.32 Å². The first-order valence-electron chi connectivity index (χ1n) is 5.72. The van der Waals surface area contributed by atoms with Gasteiger partial charge < -0.3 is 25.2 Å². The largest absolute Gasteiger partial charge is 0.477 e. The third-order valence-corrected chi connectivity index (χ3v) is 2.38. The lowest BCUT2D eigenvalue weighted by Crippen LogP contribution is -2.28. The second-order valence-electron chi connectivity index (χ2n) is 4.09. The molecule has 9 nitrogen and oxygen atoms in total. The lowest BCUT2D eigenvalue weighted by atomic mass is 10.3. The predicted molar refractivity (Wildman–Crippen MR) is 67.4 cm³/mol. The Bertz CT molecular complexity index is 645. The number of carbonyl (C=O) groups is 2. The Kier molecular flexibility index (Phi) is 3.69. The second-order valence-corrected chi connectivity index (χ2v) is 4.09. The van der Waals surface area contributed by atoms with E-state index >= 15 is 0 Å². The highest BCUT2D eigenvalue weighted by atomic mass is 16.5. The number of nitrogens with zero attached hydrogens (tertiary/aromatic N) is 2. The molecule has 2 heterocycles. The molecule has 2 aromatic heterocycles. The van der Waals surface area contributed by atoms with Crippen LogP contribution < -0.4 is 10.6 Å². The number of anilines is 1. The molecule has 0 atom stereocenters. The normalized spacial score (nSPS) is 10.3. The monoisotopic (exact) mass is 279 g/mol. The molecule has 2 amide bonds. The third-order valence-electron chi connectivity index (χ3n) is 2.38. The van der Waals surface area contributed by atoms with Gasteiger partial charge in [-0.3, -0.25) is 0 Å². The summed E-state index contributed by atoms with van der Waals surface area (Å²) in [5, 5.41) is 17.5. The van der Waals surface area contributed by atoms with Crippen LogP contribution >= 0.6 is 0 Å². The molecule has 0 aliphatic carbocycles. The highest BCUT2D eigenvalue weighted by Gasteiger charge is 2.15. The van der Waals surface area contributed by atoms with Crippen molar-refractivity contribution in [3.8, 4) is 0 Å². The van der Waals surface area contributed by atoms with E-state index in [1.165, 1.54) is 6.07 Å². The molecule has 9 heteroatoms. The number of carboxylic acids is 1. The van der Waals surface area contributed by atoms with E-state index in [-0.39, 0.29) is 23.8 Å². The van der Waals surface area contributed by atoms with Gasteiger partial charge in [0.1, 0.15) is 5.69 Å². The van der Waals surface area contributed by atoms with E-state index in [0.717, 1.165) is 0 Å². The van der Waals surface area contributed by atoms with E-state index in [4.69, 9.17) is 9.63 Å². The number of carbonyl (C=O) groups excluding carboxylic acids is 1. The molecule has 2 aromatic rings. The zero-order valence-electron chi connectivity index (χ0n) is 10.9. The number of nitrogens with one attached hydrogen (secondary N) is 3. The Balaban J connectivity index is 1.96. The molecule has 0 aliphatic rings. The van der Waals surface area contributed by atoms with Crippen LogP contribution in [0.4, 0.5) is 10.5 Å². The van der Waals surface area contributed by atoms with Gasteiger partial charge in [0.15, 0.2) is 5.82 Å². The summed E-state index contributed by atoms with van der Waals surface area (Å²) >= 11 is 0. The Hall–Kier alpha value is -2.84. The van der Waals surface area contributed by atoms with E-state index in [2.05, 4.69) is 25.8 Å². The molecule has 2 rings (SSSR count). The lowest BCUT2D eigenvalue weighted by Gasteiger charge is -2.04. The number of rotatable bonds is 4. The lowest BCUT2D eigenvalue weighted by molar-refractivity contribution is 0.0692. The van der Waals surface area contributed by atoms with Crippen LogP contribution in [-0.4, -0.2) is 32.2 Å². The number of amides is 2. The van der Waals surface area contributed by atoms with Crippen molar-refractivity contribution in [2.45, 2.75) is 20.4 Å². The maximum absolute atomic E-state index is 11.7. The maximum Gasteiger partial charge on any atom is 0.354 e. The van der Waals surface area contributed by atoms with Crippen LogP contribution in [0, 0.1) is 13.8 Å². The summed E-state index contributed by atoms with van der Waals surface area (Å²) in [6.45, 7) is 3.41. The Morgan fingerprint density at radius 1 is 1.45 bits per heavy atom. The van der Waals surface area contributed by atoms with Crippen molar-refractivity contribution in [3.05, 3.63) is 29.2 Å². The molecule has 0 bridgehead atoms. The fourth-order valence-electron chi connectivity index (χ4n) is 1.59. The van der Waals surface area contributed by atoms with Crippen LogP contribution in [0.2, 0.25) is 0 Å². The van der Waals surface area contributed by atoms with Crippen LogP contribution in [0.15, 0.2) is 10.6 Å². The molecule has 0 fully saturated rings. The minimum atomic E-state index is -1.15. The average Bonchev–Trinajstić information content (AvgIpc) is 2.93. The summed E-state index contributed by atoms with van der Waals surface area (Å²) in [6, 6.07) is 0.960. The van der Waals surface area contributed by atoms with Crippen molar-refractivity contribution in [1.82, 2.24) is 20.4 Å². The first-order chi connectivity index (χ1) is 9.45. The maximum atomic E-state index is 11.7. The van der Waals surface area contributed by atoms with Gasteiger partial charge in [-0.15, -0.1) is 0 Å². The first kappa shape index (κ1) is 13.6. The minimum Gasteiger partial charge on any atom is -0.477 e. The molecule has 0 saturated heterocycles. The van der Waals surface area contributed by atoms with E-state index in [9.17, 15) is 9.59 Å². The van der Waals surface area contributed by atoms with Crippen LogP contribution in [0.3, 0.4) is 0 Å². The van der Waals surface area contributed by atoms with Gasteiger partial charge in [-0.25, -0.2) is 9.59 Å². The standard InChI is InChI=1S/C11H13N5O4/c1-5-3-7(9(13-5)10(17)18)15-11(19)12-4-8-14-6(2)16-20-8/h3,13H,4H2,1-2H3,(H,17,18)(H2,12,15,19). The summed E-state index contributed by atoms with van der Waals surface area (Å²) < 4.78 is 4.83. The van der Waals surface area contributed by atoms with Gasteiger partial charge in [-0.05, 0) is 19.9 Å². The van der Waals surface area contributed by atoms with Crippen molar-refractivity contribution < 1.29 is 19.2 Å². The van der Waals surface area contributed by atoms with Crippen molar-refractivity contribution in [3.63, 3.8) is 0 Å². The highest BCUT2D eigenvalue weighted by Crippen LogP contribution is 2.16. The summed E-state index contributed by atoms with van der Waals surface area (Å²) in [4.78, 5) is 29.2. The van der Waals surface area contributed by atoms with Gasteiger partial charge in [0, 0.05) is 5.69 Å². The molecular formula is C11H13N5O4. The SMILES string of the molecule is Cc1noc(CNC(=O)Nc2cc(C)[nH]c2C(=O)O)n1. The fraction of sp³-hybridized carbons (Fsp3) is 0.273. The zero-order valence-corrected chi connectivity index (χ0v) is 10.9. The molecule has 0 radical (unpaired) electrons. The van der Waals surface area contributed by atoms with Crippen molar-refractivity contribution >= 4 is 17.7 Å². The highest BCUT2D eigenvalue weighted by molar-refractivity contribution is 5.99. The number of hydrogen-bond acceptors (Lipinski definition) is 5. The quantitative estimate of drug-likeness (QED) is 0.660. The summed E-state index contributed by atoms with van der Waals surface area (Å²) in [6.07, 6.45) is 0. The predicted octanol–water partition coefficient (Wildman–Crippen LogP) is 1.03. The van der Waals surface area contributed by atoms with Crippen LogP contribution in [0.1, 0.15) is 27.9 Å². The van der Waals surface area contributed by atoms with Crippen molar-refractivity contribution in [2.24, 2.45) is 0 Å². The topological polar surface area (TPSA) is 133 Å². The number of aryl methyl sites for hydroxylation is 2. The van der Waals surface area contributed by atoms with Crippen molar-refractivity contribution in [1.29, 1.82) is 0 Å². The van der Waals surface area contributed by atoms with E-state index < -0.39 is 12.0 Å². The van der Waals surface area contributed by atoms with Gasteiger partial charge >= 0.3 is 12.0 Å². The molecular weight excluding hydrogens is 266 g/mol. The minimum absolute atomic E-state index is 0.0541. The molecule has 0 aliphatic heterocycles. The van der Waals surface area contributed by atoms with Crippen LogP contribution in [0.25, 0.3) is 0 Å². The second kappa shape index (κ2) is 5.43. The van der Waals surface area contributed by atoms with E-state index in [1.54, 1.807) is 13.8 Å². The summed E-state index contributed by atoms with van der Waals surface area (Å²) in [7, 11) is 0. The number of aromatic carboxylic acids is 1. The number of aromatic nitrogens is 3. The molecule has 4 N–H and O–H groups in total. The number of urea groups is 1. The molecule has 106 valence electrons. The Morgan fingerprint density at radius 3 is 2.80 bits per heavy atom. The number of carboxylic acid groups (broad SMARTS) is 1. The molecule has 0 unspecified atom stereocenters. The van der Waals surface area contributed by atoms with Gasteiger partial charge in [0.2, 0.25) is 5.89 Å². The smallest absolute Gasteiger partial charge is 0.354 e. The van der Waals surface area contributed by atoms with E-state index in [1.807, 2.05) is 0 Å². The van der Waals surface area contributed by atoms with Crippen LogP contribution in [0.5, 0.6) is 0 Å². The van der Waals surface area contributed by atoms with Gasteiger partial charge in [-0.2, -0.15) is 4.98 Å². The first-order valence-corrected chi connectivity index (χ1v) is 5.72. The molecule has 0 aromatic carbocycles. The fourth-order valence-corrected chi connectivity index (χ4v) is 1.59. The van der Waals surface area contributed by atoms with E-state index in [0.29, 0.717) is 11.5 Å². The molecule has 0 saturated carbocycles. The van der Waals surface area contributed by atoms with Gasteiger partial charge in [0.25, 0.3) is 0 Å². The summed E-state index contributed by atoms with van der Waals surface area (Å²) in [5.41, 5.74) is 0.741. The zero-order chi connectivity index (χ0) is 14.7. The molecule has 20 heavy (non-hydrogen) atoms. The number of hydrogen-bond donors (Lipinski definition) is 4. The van der Waals surface area contributed by atoms with Gasteiger partial charge in [-0.1, -0.05) is 5.16 Å². The molecule has 0 spiro atoms. The summed E-state index contributed by atoms with van der Waals surface area (Å²) in [5.74, 6) is -0.418. The Labute approximate surface area is 113 Å². The number of aromatic amines is 1. The Morgan fingerprint density at radius 2 is 2.20 bits per heavy atom.